The van der Waals surface area contributed by atoms with Gasteiger partial charge in [0.05, 0.1) is 0 Å². The molecule has 3 saturated heterocycles. The van der Waals surface area contributed by atoms with E-state index in [4.69, 9.17) is 4.42 Å². The Balaban J connectivity index is 1.18. The number of hydrogen-bond acceptors (Lipinski definition) is 4. The number of amides is 3. The fourth-order valence-corrected chi connectivity index (χ4v) is 4.52. The van der Waals surface area contributed by atoms with Gasteiger partial charge in [0.25, 0.3) is 5.91 Å². The van der Waals surface area contributed by atoms with Crippen molar-refractivity contribution in [2.24, 2.45) is 5.92 Å². The predicted octanol–water partition coefficient (Wildman–Crippen LogP) is 4.41. The van der Waals surface area contributed by atoms with Crippen molar-refractivity contribution in [3.8, 4) is 11.3 Å². The Hall–Kier alpha value is -3.58. The number of urea groups is 1. The monoisotopic (exact) mass is 430 g/mol. The van der Waals surface area contributed by atoms with Crippen molar-refractivity contribution in [2.45, 2.75) is 18.9 Å². The Kier molecular flexibility index (Phi) is 5.64. The van der Waals surface area contributed by atoms with Crippen LogP contribution in [0.25, 0.3) is 11.3 Å². The van der Waals surface area contributed by atoms with Crippen LogP contribution in [0.15, 0.2) is 71.1 Å². The molecule has 4 heterocycles. The van der Waals surface area contributed by atoms with Gasteiger partial charge < -0.3 is 25.3 Å². The maximum absolute atomic E-state index is 12.7. The van der Waals surface area contributed by atoms with Crippen LogP contribution in [0.3, 0.4) is 0 Å². The van der Waals surface area contributed by atoms with Gasteiger partial charge >= 0.3 is 6.03 Å². The molecule has 3 N–H and O–H groups in total. The van der Waals surface area contributed by atoms with Crippen LogP contribution < -0.4 is 16.0 Å². The molecule has 164 valence electrons. The molecule has 1 unspecified atom stereocenters. The molecule has 0 aliphatic carbocycles. The van der Waals surface area contributed by atoms with E-state index < -0.39 is 0 Å². The second-order valence-electron chi connectivity index (χ2n) is 8.40. The molecule has 0 radical (unpaired) electrons. The number of carbonyl (C=O) groups is 2. The molecule has 6 rings (SSSR count). The van der Waals surface area contributed by atoms with Gasteiger partial charge in [-0.1, -0.05) is 18.2 Å². The second kappa shape index (κ2) is 8.88. The highest BCUT2D eigenvalue weighted by Gasteiger charge is 2.35. The van der Waals surface area contributed by atoms with E-state index in [1.54, 1.807) is 24.3 Å². The van der Waals surface area contributed by atoms with Crippen LogP contribution in [0.4, 0.5) is 16.2 Å². The van der Waals surface area contributed by atoms with Crippen LogP contribution in [0.1, 0.15) is 23.4 Å². The van der Waals surface area contributed by atoms with E-state index in [2.05, 4.69) is 20.9 Å². The Morgan fingerprint density at radius 3 is 2.19 bits per heavy atom. The number of anilines is 2. The van der Waals surface area contributed by atoms with E-state index >= 15 is 0 Å². The average molecular weight is 431 g/mol. The maximum atomic E-state index is 12.7. The van der Waals surface area contributed by atoms with Crippen LogP contribution in [0.5, 0.6) is 0 Å². The summed E-state index contributed by atoms with van der Waals surface area (Å²) in [4.78, 5) is 27.2. The van der Waals surface area contributed by atoms with E-state index in [-0.39, 0.29) is 18.0 Å². The smallest absolute Gasteiger partial charge is 0.323 e. The Morgan fingerprint density at radius 2 is 1.53 bits per heavy atom. The lowest BCUT2D eigenvalue weighted by Gasteiger charge is -2.44. The number of nitrogens with one attached hydrogen (secondary N) is 3. The number of hydrogen-bond donors (Lipinski definition) is 3. The van der Waals surface area contributed by atoms with Crippen molar-refractivity contribution < 1.29 is 14.0 Å². The molecule has 2 bridgehead atoms. The molecule has 3 aromatic rings. The summed E-state index contributed by atoms with van der Waals surface area (Å²) in [7, 11) is 0. The quantitative estimate of drug-likeness (QED) is 0.559. The van der Waals surface area contributed by atoms with Gasteiger partial charge in [0, 0.05) is 29.5 Å². The standard InChI is InChI=1S/C25H26N4O3/c30-24(28-21-16-29-14-12-17(21)13-15-29)23-11-10-22(32-23)18-6-8-20(9-7-18)27-25(31)26-19-4-2-1-3-5-19/h1-11,17,21H,12-16H2,(H,28,30)(H2,26,27,31). The van der Waals surface area contributed by atoms with E-state index in [1.807, 2.05) is 42.5 Å². The topological polar surface area (TPSA) is 86.6 Å². The van der Waals surface area contributed by atoms with Gasteiger partial charge in [-0.2, -0.15) is 0 Å². The molecule has 7 nitrogen and oxygen atoms in total. The summed E-state index contributed by atoms with van der Waals surface area (Å²) in [5, 5.41) is 8.74. The molecule has 0 spiro atoms. The number of piperidine rings is 3. The van der Waals surface area contributed by atoms with Crippen molar-refractivity contribution in [1.82, 2.24) is 10.2 Å². The van der Waals surface area contributed by atoms with Crippen LogP contribution in [-0.2, 0) is 0 Å². The molecule has 0 saturated carbocycles. The van der Waals surface area contributed by atoms with Crippen LogP contribution >= 0.6 is 0 Å². The van der Waals surface area contributed by atoms with Crippen LogP contribution in [-0.4, -0.2) is 42.5 Å². The van der Waals surface area contributed by atoms with Gasteiger partial charge in [0.1, 0.15) is 5.76 Å². The summed E-state index contributed by atoms with van der Waals surface area (Å²) in [5.74, 6) is 1.34. The summed E-state index contributed by atoms with van der Waals surface area (Å²) < 4.78 is 5.83. The van der Waals surface area contributed by atoms with E-state index in [9.17, 15) is 9.59 Å². The molecule has 3 amide bonds. The predicted molar refractivity (Wildman–Crippen MR) is 124 cm³/mol. The second-order valence-corrected chi connectivity index (χ2v) is 8.40. The fraction of sp³-hybridized carbons (Fsp3) is 0.280. The molecule has 3 aliphatic rings. The van der Waals surface area contributed by atoms with Crippen molar-refractivity contribution in [1.29, 1.82) is 0 Å². The molecule has 32 heavy (non-hydrogen) atoms. The minimum Gasteiger partial charge on any atom is -0.451 e. The van der Waals surface area contributed by atoms with Gasteiger partial charge in [-0.05, 0) is 80.4 Å². The zero-order valence-corrected chi connectivity index (χ0v) is 17.7. The van der Waals surface area contributed by atoms with Gasteiger partial charge in [0.2, 0.25) is 0 Å². The minimum atomic E-state index is -0.311. The van der Waals surface area contributed by atoms with Crippen molar-refractivity contribution in [3.05, 3.63) is 72.5 Å². The first-order valence-electron chi connectivity index (χ1n) is 11.0. The molecular weight excluding hydrogens is 404 g/mol. The van der Waals surface area contributed by atoms with Crippen molar-refractivity contribution in [2.75, 3.05) is 30.3 Å². The SMILES string of the molecule is O=C(Nc1ccccc1)Nc1ccc(-c2ccc(C(=O)NC3CN4CCC3CC4)o2)cc1. The summed E-state index contributed by atoms with van der Waals surface area (Å²) in [6.07, 6.45) is 2.30. The first-order valence-corrected chi connectivity index (χ1v) is 11.0. The van der Waals surface area contributed by atoms with Crippen LogP contribution in [0.2, 0.25) is 0 Å². The summed E-state index contributed by atoms with van der Waals surface area (Å²) in [6.45, 7) is 3.21. The molecule has 7 heteroatoms. The molecule has 1 atom stereocenters. The third-order valence-corrected chi connectivity index (χ3v) is 6.26. The number of carbonyl (C=O) groups excluding carboxylic acids is 2. The van der Waals surface area contributed by atoms with Crippen molar-refractivity contribution >= 4 is 23.3 Å². The zero-order chi connectivity index (χ0) is 21.9. The fourth-order valence-electron chi connectivity index (χ4n) is 4.52. The average Bonchev–Trinajstić information content (AvgIpc) is 3.32. The molecule has 2 aromatic carbocycles. The summed E-state index contributed by atoms with van der Waals surface area (Å²) in [6, 6.07) is 20.0. The maximum Gasteiger partial charge on any atom is 0.323 e. The van der Waals surface area contributed by atoms with Gasteiger partial charge in [-0.15, -0.1) is 0 Å². The molecular formula is C25H26N4O3. The zero-order valence-electron chi connectivity index (χ0n) is 17.7. The first-order chi connectivity index (χ1) is 15.6. The molecule has 1 aromatic heterocycles. The number of para-hydroxylation sites is 1. The largest absolute Gasteiger partial charge is 0.451 e. The van der Waals surface area contributed by atoms with E-state index in [0.29, 0.717) is 23.1 Å². The minimum absolute atomic E-state index is 0.161. The highest BCUT2D eigenvalue weighted by molar-refractivity contribution is 5.99. The number of benzene rings is 2. The molecule has 3 aliphatic heterocycles. The summed E-state index contributed by atoms with van der Waals surface area (Å²) in [5.41, 5.74) is 2.22. The number of nitrogens with zero attached hydrogens (tertiary/aromatic N) is 1. The Labute approximate surface area is 186 Å². The van der Waals surface area contributed by atoms with E-state index in [0.717, 1.165) is 43.7 Å². The van der Waals surface area contributed by atoms with E-state index in [1.165, 1.54) is 0 Å². The van der Waals surface area contributed by atoms with Gasteiger partial charge in [0.15, 0.2) is 5.76 Å². The third kappa shape index (κ3) is 4.53. The molecule has 3 fully saturated rings. The first kappa shape index (κ1) is 20.3. The lowest BCUT2D eigenvalue weighted by atomic mass is 9.84. The number of rotatable bonds is 5. The third-order valence-electron chi connectivity index (χ3n) is 6.26. The van der Waals surface area contributed by atoms with Gasteiger partial charge in [-0.3, -0.25) is 4.79 Å². The Bertz CT molecular complexity index is 1090. The van der Waals surface area contributed by atoms with Gasteiger partial charge in [-0.25, -0.2) is 4.79 Å². The summed E-state index contributed by atoms with van der Waals surface area (Å²) >= 11 is 0. The highest BCUT2D eigenvalue weighted by atomic mass is 16.3. The Morgan fingerprint density at radius 1 is 0.844 bits per heavy atom. The number of fused-ring (bicyclic) bond motifs is 3. The lowest BCUT2D eigenvalue weighted by molar-refractivity contribution is 0.0606. The van der Waals surface area contributed by atoms with Crippen LogP contribution in [0, 0.1) is 5.92 Å². The van der Waals surface area contributed by atoms with Crippen molar-refractivity contribution in [3.63, 3.8) is 0 Å². The lowest BCUT2D eigenvalue weighted by Crippen LogP contribution is -2.57. The highest BCUT2D eigenvalue weighted by Crippen LogP contribution is 2.28. The number of furan rings is 1. The normalized spacial score (nSPS) is 21.7.